The van der Waals surface area contributed by atoms with Gasteiger partial charge in [0.2, 0.25) is 11.3 Å². The Balaban J connectivity index is 0.845. The molecule has 1 amide bonds. The normalized spacial score (nSPS) is 19.7. The Bertz CT molecular complexity index is 2190. The second-order valence-electron chi connectivity index (χ2n) is 15.9. The second-order valence-corrected chi connectivity index (χ2v) is 15.9. The average Bonchev–Trinajstić information content (AvgIpc) is 3.24. The maximum atomic E-state index is 13.6. The zero-order valence-electron chi connectivity index (χ0n) is 33.0. The highest BCUT2D eigenvalue weighted by atomic mass is 16.6. The minimum Gasteiger partial charge on any atom is -0.506 e. The first kappa shape index (κ1) is 40.7. The van der Waals surface area contributed by atoms with E-state index < -0.39 is 18.2 Å². The summed E-state index contributed by atoms with van der Waals surface area (Å²) in [5.41, 5.74) is 3.25. The fraction of sp³-hybridized carbons (Fsp3) is 0.383. The van der Waals surface area contributed by atoms with Crippen LogP contribution in [0.25, 0.3) is 10.9 Å². The lowest BCUT2D eigenvalue weighted by Gasteiger charge is -2.51. The quantitative estimate of drug-likeness (QED) is 0.0336. The maximum Gasteiger partial charge on any atom is 0.408 e. The van der Waals surface area contributed by atoms with Gasteiger partial charge in [-0.3, -0.25) is 9.59 Å². The lowest BCUT2D eigenvalue weighted by Crippen LogP contribution is -2.66. The first-order valence-electron chi connectivity index (χ1n) is 20.7. The van der Waals surface area contributed by atoms with Crippen molar-refractivity contribution in [2.45, 2.75) is 63.2 Å². The van der Waals surface area contributed by atoms with Crippen molar-refractivity contribution in [3.8, 4) is 11.5 Å². The third kappa shape index (κ3) is 10.3. The molecule has 3 fully saturated rings. The fourth-order valence-corrected chi connectivity index (χ4v) is 8.65. The summed E-state index contributed by atoms with van der Waals surface area (Å²) in [6, 6.07) is 33.0. The molecule has 2 bridgehead atoms. The van der Waals surface area contributed by atoms with E-state index in [-0.39, 0.29) is 23.2 Å². The van der Waals surface area contributed by atoms with Crippen LogP contribution in [0.15, 0.2) is 114 Å². The van der Waals surface area contributed by atoms with Crippen LogP contribution in [0, 0.1) is 5.92 Å². The van der Waals surface area contributed by atoms with Gasteiger partial charge in [0.1, 0.15) is 24.6 Å². The number of aromatic amines is 1. The summed E-state index contributed by atoms with van der Waals surface area (Å²) in [5, 5.41) is 28.0. The van der Waals surface area contributed by atoms with E-state index in [0.717, 1.165) is 87.0 Å². The highest BCUT2D eigenvalue weighted by molar-refractivity contribution is 5.97. The minimum absolute atomic E-state index is 0.0234. The molecule has 5 N–H and O–H groups in total. The molecule has 3 saturated heterocycles. The maximum absolute atomic E-state index is 13.6. The number of Topliss-reactive ketones (excluding diaryl/α,β-unsaturated/α-hetero) is 1. The highest BCUT2D eigenvalue weighted by Crippen LogP contribution is 2.36. The minimum atomic E-state index is -0.772. The zero-order chi connectivity index (χ0) is 40.3. The van der Waals surface area contributed by atoms with Crippen LogP contribution in [0.1, 0.15) is 84.1 Å². The Morgan fingerprint density at radius 3 is 2.34 bits per heavy atom. The van der Waals surface area contributed by atoms with E-state index in [4.69, 9.17) is 9.47 Å². The van der Waals surface area contributed by atoms with Crippen LogP contribution in [0.4, 0.5) is 4.79 Å². The molecule has 0 radical (unpaired) electrons. The fourth-order valence-electron chi connectivity index (χ4n) is 8.65. The number of amides is 1. The molecule has 3 atom stereocenters. The molecule has 0 spiro atoms. The van der Waals surface area contributed by atoms with Gasteiger partial charge < -0.3 is 39.8 Å². The number of alkyl carbamates (subject to hydrolysis) is 1. The molecule has 4 aromatic carbocycles. The smallest absolute Gasteiger partial charge is 0.408 e. The number of H-pyrrole nitrogens is 1. The number of fused-ring (bicyclic) bond motifs is 4. The van der Waals surface area contributed by atoms with Gasteiger partial charge in [-0.1, -0.05) is 98.1 Å². The van der Waals surface area contributed by atoms with Crippen LogP contribution < -0.4 is 20.9 Å². The van der Waals surface area contributed by atoms with Gasteiger partial charge in [0.15, 0.2) is 6.10 Å². The average molecular weight is 788 g/mol. The number of quaternary nitrogens is 1. The number of phenolic OH excluding ortho intramolecular Hbond substituents is 1. The number of unbranched alkanes of at least 4 members (excludes halogenated alkanes) is 4. The number of piperidine rings is 3. The predicted octanol–water partition coefficient (Wildman–Crippen LogP) is 7.19. The Kier molecular flexibility index (Phi) is 13.5. The molecule has 3 aliphatic rings. The summed E-state index contributed by atoms with van der Waals surface area (Å²) in [6.45, 7) is 4.67. The number of ketones is 1. The predicted molar refractivity (Wildman–Crippen MR) is 224 cm³/mol. The summed E-state index contributed by atoms with van der Waals surface area (Å²) in [7, 11) is 0. The van der Waals surface area contributed by atoms with Crippen molar-refractivity contribution in [3.05, 3.63) is 142 Å². The van der Waals surface area contributed by atoms with E-state index in [1.54, 1.807) is 12.1 Å². The van der Waals surface area contributed by atoms with Crippen LogP contribution in [-0.4, -0.2) is 83.5 Å². The van der Waals surface area contributed by atoms with Gasteiger partial charge in [-0.25, -0.2) is 4.79 Å². The van der Waals surface area contributed by atoms with Gasteiger partial charge >= 0.3 is 6.09 Å². The third-order valence-electron chi connectivity index (χ3n) is 11.8. The van der Waals surface area contributed by atoms with Crippen LogP contribution in [0.3, 0.4) is 0 Å². The monoisotopic (exact) mass is 787 g/mol. The third-order valence-corrected chi connectivity index (χ3v) is 11.8. The summed E-state index contributed by atoms with van der Waals surface area (Å²) >= 11 is 0. The number of aromatic nitrogens is 1. The van der Waals surface area contributed by atoms with E-state index in [1.807, 2.05) is 84.9 Å². The number of nitrogens with one attached hydrogen (secondary N) is 3. The van der Waals surface area contributed by atoms with Crippen molar-refractivity contribution in [2.24, 2.45) is 5.92 Å². The van der Waals surface area contributed by atoms with Crippen molar-refractivity contribution >= 4 is 22.8 Å². The van der Waals surface area contributed by atoms with Crippen LogP contribution in [0.2, 0.25) is 0 Å². The Morgan fingerprint density at radius 1 is 0.828 bits per heavy atom. The number of phenols is 1. The molecule has 304 valence electrons. The topological polar surface area (TPSA) is 150 Å². The SMILES string of the molecule is O=C(NC(c1ccccc1)c1cccc(OCCCCCCCNC[C@@H](O)c2ccc(O)c3[nH]c(=O)ccc23)c1)O[C@H]1C[N+]2(CC(=O)c3ccccc3)CCC1CC2. The number of aliphatic hydroxyl groups is 1. The van der Waals surface area contributed by atoms with Gasteiger partial charge in [-0.2, -0.15) is 0 Å². The molecule has 11 nitrogen and oxygen atoms in total. The van der Waals surface area contributed by atoms with Gasteiger partial charge in [0, 0.05) is 42.3 Å². The number of pyridine rings is 1. The molecule has 11 heteroatoms. The van der Waals surface area contributed by atoms with E-state index in [9.17, 15) is 24.6 Å². The Hall–Kier alpha value is -5.49. The Labute approximate surface area is 339 Å². The van der Waals surface area contributed by atoms with Crippen LogP contribution in [0.5, 0.6) is 11.5 Å². The number of aliphatic hydroxyl groups excluding tert-OH is 1. The molecule has 1 aromatic heterocycles. The van der Waals surface area contributed by atoms with Gasteiger partial charge in [-0.15, -0.1) is 0 Å². The van der Waals surface area contributed by atoms with Gasteiger partial charge in [0.25, 0.3) is 0 Å². The van der Waals surface area contributed by atoms with Crippen molar-refractivity contribution in [1.82, 2.24) is 15.6 Å². The lowest BCUT2D eigenvalue weighted by atomic mass is 9.83. The highest BCUT2D eigenvalue weighted by Gasteiger charge is 2.48. The number of carbonyl (C=O) groups is 2. The standard InChI is InChI=1S/C47H54N4O7/c52-40-21-19-38(39-20-22-44(55)49-46(39)40)41(53)30-48-25-10-2-1-3-11-28-57-37-18-12-17-36(29-37)45(35-15-8-5-9-16-35)50-47(56)58-43-32-51(26-23-34(43)24-27-51)31-42(54)33-13-6-4-7-14-33/h4-9,12-22,29,34,41,43,45,48,53H,1-3,10-11,23-28,30-32H2,(H2-,49,50,52,55,56)/p+1/t34?,41-,43+,45?,51?/m1/s1. The second kappa shape index (κ2) is 19.3. The number of aromatic hydroxyl groups is 1. The summed E-state index contributed by atoms with van der Waals surface area (Å²) in [5.74, 6) is 1.16. The molecule has 5 aromatic rings. The van der Waals surface area contributed by atoms with E-state index >= 15 is 0 Å². The van der Waals surface area contributed by atoms with Crippen LogP contribution >= 0.6 is 0 Å². The lowest BCUT2D eigenvalue weighted by molar-refractivity contribution is -0.938. The van der Waals surface area contributed by atoms with Crippen molar-refractivity contribution in [3.63, 3.8) is 0 Å². The number of benzene rings is 4. The summed E-state index contributed by atoms with van der Waals surface area (Å²) < 4.78 is 13.0. The van der Waals surface area contributed by atoms with Crippen molar-refractivity contribution < 1.29 is 33.8 Å². The molecule has 1 unspecified atom stereocenters. The van der Waals surface area contributed by atoms with Gasteiger partial charge in [0.05, 0.1) is 37.4 Å². The van der Waals surface area contributed by atoms with E-state index in [1.165, 1.54) is 12.1 Å². The molecule has 58 heavy (non-hydrogen) atoms. The first-order chi connectivity index (χ1) is 28.3. The number of hydrogen-bond acceptors (Lipinski definition) is 8. The van der Waals surface area contributed by atoms with Crippen LogP contribution in [-0.2, 0) is 4.74 Å². The zero-order valence-corrected chi connectivity index (χ0v) is 33.0. The molecule has 0 aliphatic carbocycles. The molecular formula is C47H55N4O7+. The summed E-state index contributed by atoms with van der Waals surface area (Å²) in [6.07, 6.45) is 5.45. The number of carbonyl (C=O) groups excluding carboxylic acids is 2. The molecular weight excluding hydrogens is 733 g/mol. The van der Waals surface area contributed by atoms with Crippen molar-refractivity contribution in [2.75, 3.05) is 45.9 Å². The van der Waals surface area contributed by atoms with E-state index in [2.05, 4.69) is 15.6 Å². The number of hydrogen-bond donors (Lipinski definition) is 5. The van der Waals surface area contributed by atoms with Crippen molar-refractivity contribution in [1.29, 1.82) is 0 Å². The number of nitrogens with zero attached hydrogens (tertiary/aromatic N) is 1. The van der Waals surface area contributed by atoms with Gasteiger partial charge in [-0.05, 0) is 60.3 Å². The molecule has 4 heterocycles. The Morgan fingerprint density at radius 2 is 1.55 bits per heavy atom. The first-order valence-corrected chi connectivity index (χ1v) is 20.7. The largest absolute Gasteiger partial charge is 0.506 e. The van der Waals surface area contributed by atoms with E-state index in [0.29, 0.717) is 53.1 Å². The molecule has 3 aliphatic heterocycles. The molecule has 0 saturated carbocycles. The number of ether oxygens (including phenoxy) is 2. The summed E-state index contributed by atoms with van der Waals surface area (Å²) in [4.78, 5) is 41.1. The number of rotatable bonds is 19. The molecule has 8 rings (SSSR count).